The first-order chi connectivity index (χ1) is 9.52. The Hall–Kier alpha value is -1.81. The van der Waals surface area contributed by atoms with Crippen LogP contribution in [0.25, 0.3) is 11.0 Å². The molecule has 1 unspecified atom stereocenters. The molecule has 4 nitrogen and oxygen atoms in total. The van der Waals surface area contributed by atoms with Crippen molar-refractivity contribution in [3.05, 3.63) is 35.1 Å². The van der Waals surface area contributed by atoms with E-state index in [0.29, 0.717) is 12.8 Å². The molecule has 0 fully saturated rings. The van der Waals surface area contributed by atoms with Crippen molar-refractivity contribution < 1.29 is 14.3 Å². The van der Waals surface area contributed by atoms with Crippen LogP contribution in [0.2, 0.25) is 0 Å². The molecule has 1 amide bonds. The zero-order chi connectivity index (χ0) is 14.7. The van der Waals surface area contributed by atoms with Crippen LogP contribution >= 0.6 is 0 Å². The van der Waals surface area contributed by atoms with Crippen LogP contribution in [-0.4, -0.2) is 23.7 Å². The Balaban J connectivity index is 2.14. The molecule has 1 heterocycles. The van der Waals surface area contributed by atoms with E-state index in [0.717, 1.165) is 22.1 Å². The zero-order valence-electron chi connectivity index (χ0n) is 12.2. The second-order valence-corrected chi connectivity index (χ2v) is 5.30. The van der Waals surface area contributed by atoms with Gasteiger partial charge in [0.1, 0.15) is 5.58 Å². The van der Waals surface area contributed by atoms with E-state index in [4.69, 9.17) is 9.52 Å². The second kappa shape index (κ2) is 6.09. The molecule has 0 saturated carbocycles. The lowest BCUT2D eigenvalue weighted by atomic mass is 10.0. The van der Waals surface area contributed by atoms with Crippen molar-refractivity contribution in [3.63, 3.8) is 0 Å². The molecule has 2 aromatic rings. The molecule has 20 heavy (non-hydrogen) atoms. The summed E-state index contributed by atoms with van der Waals surface area (Å²) in [5.74, 6) is -0.0492. The molecule has 0 radical (unpaired) electrons. The van der Waals surface area contributed by atoms with Crippen LogP contribution in [0.3, 0.4) is 0 Å². The maximum Gasteiger partial charge on any atom is 0.224 e. The van der Waals surface area contributed by atoms with Crippen molar-refractivity contribution in [2.75, 3.05) is 6.61 Å². The van der Waals surface area contributed by atoms with Gasteiger partial charge in [0.15, 0.2) is 0 Å². The minimum atomic E-state index is -0.0492. The van der Waals surface area contributed by atoms with E-state index in [1.807, 2.05) is 32.9 Å². The van der Waals surface area contributed by atoms with Crippen LogP contribution in [0.4, 0.5) is 0 Å². The zero-order valence-corrected chi connectivity index (χ0v) is 12.2. The molecule has 2 N–H and O–H groups in total. The highest BCUT2D eigenvalue weighted by molar-refractivity contribution is 5.89. The van der Waals surface area contributed by atoms with Gasteiger partial charge in [0, 0.05) is 23.6 Å². The number of rotatable bonds is 5. The Kier molecular flexibility index (Phi) is 4.45. The SMILES string of the molecule is Cc1ccc2c(CC(=O)NC(C)CCO)coc2c1C. The van der Waals surface area contributed by atoms with Gasteiger partial charge in [0.25, 0.3) is 0 Å². The summed E-state index contributed by atoms with van der Waals surface area (Å²) in [6, 6.07) is 4.03. The number of amides is 1. The third-order valence-corrected chi connectivity index (χ3v) is 3.66. The van der Waals surface area contributed by atoms with Crippen molar-refractivity contribution in [2.45, 2.75) is 39.7 Å². The predicted molar refractivity (Wildman–Crippen MR) is 78.7 cm³/mol. The van der Waals surface area contributed by atoms with Crippen molar-refractivity contribution in [1.29, 1.82) is 0 Å². The Labute approximate surface area is 118 Å². The fraction of sp³-hybridized carbons (Fsp3) is 0.438. The Bertz CT molecular complexity index is 615. The van der Waals surface area contributed by atoms with Gasteiger partial charge in [-0.2, -0.15) is 0 Å². The van der Waals surface area contributed by atoms with Gasteiger partial charge in [-0.1, -0.05) is 12.1 Å². The first-order valence-electron chi connectivity index (χ1n) is 6.89. The number of aliphatic hydroxyl groups excluding tert-OH is 1. The molecule has 1 aromatic heterocycles. The van der Waals surface area contributed by atoms with E-state index >= 15 is 0 Å². The third kappa shape index (κ3) is 3.02. The van der Waals surface area contributed by atoms with Gasteiger partial charge in [-0.15, -0.1) is 0 Å². The van der Waals surface area contributed by atoms with Gasteiger partial charge >= 0.3 is 0 Å². The number of nitrogens with one attached hydrogen (secondary N) is 1. The summed E-state index contributed by atoms with van der Waals surface area (Å²) in [6.07, 6.45) is 2.52. The summed E-state index contributed by atoms with van der Waals surface area (Å²) in [5.41, 5.74) is 4.05. The molecule has 0 aliphatic heterocycles. The number of hydrogen-bond donors (Lipinski definition) is 2. The van der Waals surface area contributed by atoms with Crippen LogP contribution in [0, 0.1) is 13.8 Å². The average Bonchev–Trinajstić information content (AvgIpc) is 2.77. The molecule has 108 valence electrons. The Morgan fingerprint density at radius 3 is 2.85 bits per heavy atom. The van der Waals surface area contributed by atoms with Crippen molar-refractivity contribution in [3.8, 4) is 0 Å². The number of furan rings is 1. The fourth-order valence-corrected chi connectivity index (χ4v) is 2.29. The van der Waals surface area contributed by atoms with E-state index < -0.39 is 0 Å². The molecule has 0 aliphatic carbocycles. The molecule has 2 rings (SSSR count). The minimum absolute atomic E-state index is 0.0188. The number of hydrogen-bond acceptors (Lipinski definition) is 3. The fourth-order valence-electron chi connectivity index (χ4n) is 2.29. The lowest BCUT2D eigenvalue weighted by Crippen LogP contribution is -2.34. The lowest BCUT2D eigenvalue weighted by Gasteiger charge is -2.11. The maximum atomic E-state index is 12.0. The van der Waals surface area contributed by atoms with Crippen LogP contribution < -0.4 is 5.32 Å². The topological polar surface area (TPSA) is 62.5 Å². The van der Waals surface area contributed by atoms with Crippen molar-refractivity contribution in [2.24, 2.45) is 0 Å². The summed E-state index contributed by atoms with van der Waals surface area (Å²) in [4.78, 5) is 12.0. The molecule has 1 atom stereocenters. The number of benzene rings is 1. The smallest absolute Gasteiger partial charge is 0.224 e. The van der Waals surface area contributed by atoms with Crippen molar-refractivity contribution >= 4 is 16.9 Å². The molecular formula is C16H21NO3. The molecule has 0 saturated heterocycles. The van der Waals surface area contributed by atoms with E-state index in [2.05, 4.69) is 5.32 Å². The van der Waals surface area contributed by atoms with Gasteiger partial charge in [0.2, 0.25) is 5.91 Å². The number of carbonyl (C=O) groups excluding carboxylic acids is 1. The average molecular weight is 275 g/mol. The second-order valence-electron chi connectivity index (χ2n) is 5.30. The Morgan fingerprint density at radius 2 is 2.15 bits per heavy atom. The first kappa shape index (κ1) is 14.6. The number of carbonyl (C=O) groups is 1. The summed E-state index contributed by atoms with van der Waals surface area (Å²) in [7, 11) is 0. The van der Waals surface area contributed by atoms with E-state index in [-0.39, 0.29) is 18.6 Å². The summed E-state index contributed by atoms with van der Waals surface area (Å²) in [5, 5.41) is 12.7. The lowest BCUT2D eigenvalue weighted by molar-refractivity contribution is -0.121. The Morgan fingerprint density at radius 1 is 1.40 bits per heavy atom. The van der Waals surface area contributed by atoms with Crippen LogP contribution in [0.1, 0.15) is 30.0 Å². The van der Waals surface area contributed by atoms with Crippen LogP contribution in [0.15, 0.2) is 22.8 Å². The van der Waals surface area contributed by atoms with E-state index in [1.54, 1.807) is 6.26 Å². The van der Waals surface area contributed by atoms with Gasteiger partial charge in [0.05, 0.1) is 12.7 Å². The van der Waals surface area contributed by atoms with Crippen LogP contribution in [-0.2, 0) is 11.2 Å². The molecular weight excluding hydrogens is 254 g/mol. The van der Waals surface area contributed by atoms with Gasteiger partial charge in [-0.05, 0) is 38.3 Å². The standard InChI is InChI=1S/C16H21NO3/c1-10-4-5-14-13(9-20-16(14)12(10)3)8-15(19)17-11(2)6-7-18/h4-5,9,11,18H,6-8H2,1-3H3,(H,17,19). The maximum absolute atomic E-state index is 12.0. The van der Waals surface area contributed by atoms with E-state index in [9.17, 15) is 4.79 Å². The largest absolute Gasteiger partial charge is 0.464 e. The van der Waals surface area contributed by atoms with E-state index in [1.165, 1.54) is 5.56 Å². The minimum Gasteiger partial charge on any atom is -0.464 e. The highest BCUT2D eigenvalue weighted by Crippen LogP contribution is 2.26. The third-order valence-electron chi connectivity index (χ3n) is 3.66. The molecule has 0 aliphatic rings. The molecule has 0 spiro atoms. The molecule has 0 bridgehead atoms. The van der Waals surface area contributed by atoms with Crippen molar-refractivity contribution in [1.82, 2.24) is 5.32 Å². The normalized spacial score (nSPS) is 12.6. The monoisotopic (exact) mass is 275 g/mol. The summed E-state index contributed by atoms with van der Waals surface area (Å²) >= 11 is 0. The predicted octanol–water partition coefficient (Wildman–Crippen LogP) is 2.48. The summed E-state index contributed by atoms with van der Waals surface area (Å²) < 4.78 is 5.59. The quantitative estimate of drug-likeness (QED) is 0.881. The van der Waals surface area contributed by atoms with Gasteiger partial charge < -0.3 is 14.8 Å². The number of aryl methyl sites for hydroxylation is 2. The number of aliphatic hydroxyl groups is 1. The van der Waals surface area contributed by atoms with Gasteiger partial charge in [-0.25, -0.2) is 0 Å². The first-order valence-corrected chi connectivity index (χ1v) is 6.89. The van der Waals surface area contributed by atoms with Gasteiger partial charge in [-0.3, -0.25) is 4.79 Å². The highest BCUT2D eigenvalue weighted by atomic mass is 16.3. The number of fused-ring (bicyclic) bond motifs is 1. The molecule has 4 heteroatoms. The summed E-state index contributed by atoms with van der Waals surface area (Å²) in [6.45, 7) is 6.03. The van der Waals surface area contributed by atoms with Crippen LogP contribution in [0.5, 0.6) is 0 Å². The highest BCUT2D eigenvalue weighted by Gasteiger charge is 2.14. The molecule has 1 aromatic carbocycles.